The molecule has 1 saturated carbocycles. The molecule has 0 radical (unpaired) electrons. The van der Waals surface area contributed by atoms with E-state index in [1.807, 2.05) is 6.08 Å². The zero-order valence-corrected chi connectivity index (χ0v) is 8.71. The summed E-state index contributed by atoms with van der Waals surface area (Å²) in [5.74, 6) is 0.722. The van der Waals surface area contributed by atoms with E-state index >= 15 is 0 Å². The van der Waals surface area contributed by atoms with Crippen molar-refractivity contribution in [3.8, 4) is 0 Å². The summed E-state index contributed by atoms with van der Waals surface area (Å²) < 4.78 is 0. The predicted molar refractivity (Wildman–Crippen MR) is 57.6 cm³/mol. The van der Waals surface area contributed by atoms with Gasteiger partial charge in [-0.25, -0.2) is 0 Å². The average Bonchev–Trinajstić information content (AvgIpc) is 2.51. The lowest BCUT2D eigenvalue weighted by molar-refractivity contribution is 0.254. The molecular weight excluding hydrogens is 160 g/mol. The van der Waals surface area contributed by atoms with Crippen LogP contribution in [-0.4, -0.2) is 30.6 Å². The Bertz CT molecular complexity index is 156. The standard InChI is InChI=1S/C11H22N2/c1-3-8-13(4-2)9-10-6-5-7-11(10)12/h3,10-11H,1,4-9,12H2,2H3. The fourth-order valence-corrected chi connectivity index (χ4v) is 2.14. The second-order valence-corrected chi connectivity index (χ2v) is 4.00. The van der Waals surface area contributed by atoms with Crippen molar-refractivity contribution in [3.63, 3.8) is 0 Å². The summed E-state index contributed by atoms with van der Waals surface area (Å²) in [7, 11) is 0. The molecule has 0 bridgehead atoms. The minimum atomic E-state index is 0.443. The molecule has 0 heterocycles. The minimum absolute atomic E-state index is 0.443. The quantitative estimate of drug-likeness (QED) is 0.655. The van der Waals surface area contributed by atoms with Crippen molar-refractivity contribution in [1.82, 2.24) is 4.90 Å². The van der Waals surface area contributed by atoms with Gasteiger partial charge in [0.05, 0.1) is 0 Å². The lowest BCUT2D eigenvalue weighted by Gasteiger charge is -2.24. The monoisotopic (exact) mass is 182 g/mol. The molecule has 0 amide bonds. The molecule has 13 heavy (non-hydrogen) atoms. The fraction of sp³-hybridized carbons (Fsp3) is 0.818. The van der Waals surface area contributed by atoms with Crippen LogP contribution in [0.4, 0.5) is 0 Å². The second-order valence-electron chi connectivity index (χ2n) is 4.00. The van der Waals surface area contributed by atoms with Crippen LogP contribution < -0.4 is 5.73 Å². The topological polar surface area (TPSA) is 29.3 Å². The van der Waals surface area contributed by atoms with Crippen LogP contribution in [0.1, 0.15) is 26.2 Å². The van der Waals surface area contributed by atoms with Crippen molar-refractivity contribution in [3.05, 3.63) is 12.7 Å². The third kappa shape index (κ3) is 3.12. The van der Waals surface area contributed by atoms with E-state index in [1.54, 1.807) is 0 Å². The molecule has 2 unspecified atom stereocenters. The van der Waals surface area contributed by atoms with Gasteiger partial charge in [-0.1, -0.05) is 19.4 Å². The Labute approximate surface area is 81.8 Å². The maximum absolute atomic E-state index is 6.03. The van der Waals surface area contributed by atoms with Gasteiger partial charge in [-0.2, -0.15) is 0 Å². The zero-order chi connectivity index (χ0) is 9.68. The van der Waals surface area contributed by atoms with Crippen molar-refractivity contribution < 1.29 is 0 Å². The largest absolute Gasteiger partial charge is 0.327 e. The van der Waals surface area contributed by atoms with E-state index < -0.39 is 0 Å². The van der Waals surface area contributed by atoms with Gasteiger partial charge in [0.15, 0.2) is 0 Å². The molecule has 1 fully saturated rings. The van der Waals surface area contributed by atoms with Crippen molar-refractivity contribution in [2.45, 2.75) is 32.2 Å². The van der Waals surface area contributed by atoms with Gasteiger partial charge in [0, 0.05) is 19.1 Å². The Morgan fingerprint density at radius 1 is 1.54 bits per heavy atom. The van der Waals surface area contributed by atoms with Gasteiger partial charge >= 0.3 is 0 Å². The van der Waals surface area contributed by atoms with Crippen LogP contribution >= 0.6 is 0 Å². The molecule has 0 aliphatic heterocycles. The molecule has 0 aromatic heterocycles. The Morgan fingerprint density at radius 3 is 2.77 bits per heavy atom. The van der Waals surface area contributed by atoms with Crippen molar-refractivity contribution >= 4 is 0 Å². The predicted octanol–water partition coefficient (Wildman–Crippen LogP) is 1.62. The van der Waals surface area contributed by atoms with E-state index in [9.17, 15) is 0 Å². The summed E-state index contributed by atoms with van der Waals surface area (Å²) in [6.07, 6.45) is 5.83. The Balaban J connectivity index is 2.31. The lowest BCUT2D eigenvalue weighted by Crippen LogP contribution is -2.36. The summed E-state index contributed by atoms with van der Waals surface area (Å²) in [6.45, 7) is 9.23. The van der Waals surface area contributed by atoms with Crippen LogP contribution in [-0.2, 0) is 0 Å². The van der Waals surface area contributed by atoms with Crippen LogP contribution in [0, 0.1) is 5.92 Å². The fourth-order valence-electron chi connectivity index (χ4n) is 2.14. The summed E-state index contributed by atoms with van der Waals surface area (Å²) >= 11 is 0. The number of hydrogen-bond donors (Lipinski definition) is 1. The average molecular weight is 182 g/mol. The van der Waals surface area contributed by atoms with Crippen LogP contribution in [0.3, 0.4) is 0 Å². The molecule has 2 N–H and O–H groups in total. The molecular formula is C11H22N2. The molecule has 0 spiro atoms. The molecule has 1 rings (SSSR count). The molecule has 1 aliphatic rings. The van der Waals surface area contributed by atoms with Crippen molar-refractivity contribution in [2.24, 2.45) is 11.7 Å². The Hall–Kier alpha value is -0.340. The number of nitrogens with two attached hydrogens (primary N) is 1. The van der Waals surface area contributed by atoms with Gasteiger partial charge < -0.3 is 5.73 Å². The molecule has 0 aromatic carbocycles. The number of rotatable bonds is 5. The Kier molecular flexibility index (Phi) is 4.46. The highest BCUT2D eigenvalue weighted by atomic mass is 15.1. The first-order valence-corrected chi connectivity index (χ1v) is 5.36. The normalized spacial score (nSPS) is 28.2. The van der Waals surface area contributed by atoms with Crippen molar-refractivity contribution in [2.75, 3.05) is 19.6 Å². The molecule has 0 aromatic rings. The van der Waals surface area contributed by atoms with Gasteiger partial charge in [-0.3, -0.25) is 4.90 Å². The highest BCUT2D eigenvalue weighted by molar-refractivity contribution is 4.84. The number of hydrogen-bond acceptors (Lipinski definition) is 2. The lowest BCUT2D eigenvalue weighted by atomic mass is 10.0. The summed E-state index contributed by atoms with van der Waals surface area (Å²) in [6, 6.07) is 0.443. The number of likely N-dealkylation sites (N-methyl/N-ethyl adjacent to an activating group) is 1. The molecule has 1 aliphatic carbocycles. The van der Waals surface area contributed by atoms with Crippen molar-refractivity contribution in [1.29, 1.82) is 0 Å². The van der Waals surface area contributed by atoms with E-state index in [4.69, 9.17) is 5.73 Å². The maximum Gasteiger partial charge on any atom is 0.0160 e. The van der Waals surface area contributed by atoms with Gasteiger partial charge in [-0.15, -0.1) is 6.58 Å². The van der Waals surface area contributed by atoms with Crippen LogP contribution in [0.5, 0.6) is 0 Å². The first kappa shape index (κ1) is 10.7. The second kappa shape index (κ2) is 5.40. The third-order valence-corrected chi connectivity index (χ3v) is 3.05. The maximum atomic E-state index is 6.03. The van der Waals surface area contributed by atoms with Gasteiger partial charge in [0.2, 0.25) is 0 Å². The van der Waals surface area contributed by atoms with E-state index in [0.717, 1.165) is 25.6 Å². The summed E-state index contributed by atoms with van der Waals surface area (Å²) in [4.78, 5) is 2.42. The zero-order valence-electron chi connectivity index (χ0n) is 8.71. The van der Waals surface area contributed by atoms with Crippen LogP contribution in [0.2, 0.25) is 0 Å². The molecule has 0 saturated heterocycles. The Morgan fingerprint density at radius 2 is 2.31 bits per heavy atom. The smallest absolute Gasteiger partial charge is 0.0160 e. The van der Waals surface area contributed by atoms with Gasteiger partial charge in [0.25, 0.3) is 0 Å². The summed E-state index contributed by atoms with van der Waals surface area (Å²) in [5.41, 5.74) is 6.03. The SMILES string of the molecule is C=CCN(CC)CC1CCCC1N. The molecule has 2 heteroatoms. The van der Waals surface area contributed by atoms with Crippen LogP contribution in [0.15, 0.2) is 12.7 Å². The molecule has 2 atom stereocenters. The van der Waals surface area contributed by atoms with E-state index in [1.165, 1.54) is 19.3 Å². The van der Waals surface area contributed by atoms with E-state index in [-0.39, 0.29) is 0 Å². The molecule has 2 nitrogen and oxygen atoms in total. The minimum Gasteiger partial charge on any atom is -0.327 e. The van der Waals surface area contributed by atoms with E-state index in [2.05, 4.69) is 18.4 Å². The van der Waals surface area contributed by atoms with Gasteiger partial charge in [0.1, 0.15) is 0 Å². The summed E-state index contributed by atoms with van der Waals surface area (Å²) in [5, 5.41) is 0. The first-order chi connectivity index (χ1) is 6.27. The highest BCUT2D eigenvalue weighted by Crippen LogP contribution is 2.24. The highest BCUT2D eigenvalue weighted by Gasteiger charge is 2.24. The number of nitrogens with zero attached hydrogens (tertiary/aromatic N) is 1. The molecule has 76 valence electrons. The van der Waals surface area contributed by atoms with E-state index in [0.29, 0.717) is 6.04 Å². The first-order valence-electron chi connectivity index (χ1n) is 5.36. The van der Waals surface area contributed by atoms with Gasteiger partial charge in [-0.05, 0) is 25.3 Å². The third-order valence-electron chi connectivity index (χ3n) is 3.05. The van der Waals surface area contributed by atoms with Crippen LogP contribution in [0.25, 0.3) is 0 Å².